The molecule has 0 unspecified atom stereocenters. The van der Waals surface area contributed by atoms with Crippen LogP contribution in [0.15, 0.2) is 0 Å². The van der Waals surface area contributed by atoms with Gasteiger partial charge in [0, 0.05) is 5.75 Å². The van der Waals surface area contributed by atoms with Gasteiger partial charge in [-0.15, -0.1) is 11.7 Å². The van der Waals surface area contributed by atoms with Crippen LogP contribution < -0.4 is 0 Å². The molecule has 0 nitrogen and oxygen atoms in total. The molecule has 0 saturated carbocycles. The molecule has 0 aromatic rings. The second kappa shape index (κ2) is 24.5. The molecular weight excluding hydrogens is 375 g/mol. The van der Waals surface area contributed by atoms with E-state index in [1.807, 2.05) is 0 Å². The summed E-state index contributed by atoms with van der Waals surface area (Å²) in [6, 6.07) is 0. The Morgan fingerprint density at radius 1 is 0.684 bits per heavy atom. The Hall–Kier alpha value is 1.50. The molecule has 0 rings (SSSR count). The van der Waals surface area contributed by atoms with E-state index >= 15 is 0 Å². The molecule has 19 heavy (non-hydrogen) atoms. The van der Waals surface area contributed by atoms with Gasteiger partial charge in [-0.3, -0.25) is 0 Å². The molecule has 0 N–H and O–H groups in total. The monoisotopic (exact) mass is 411 g/mol. The van der Waals surface area contributed by atoms with Crippen LogP contribution >= 0.6 is 22.5 Å². The molecular formula is C16H35S2Sn. The van der Waals surface area contributed by atoms with Gasteiger partial charge in [0.05, 0.1) is 0 Å². The summed E-state index contributed by atoms with van der Waals surface area (Å²) in [5, 5.41) is 0. The number of thiol groups is 1. The maximum absolute atomic E-state index is 4.13. The zero-order valence-electron chi connectivity index (χ0n) is 13.3. The van der Waals surface area contributed by atoms with Gasteiger partial charge in [0.25, 0.3) is 0 Å². The van der Waals surface area contributed by atoms with Gasteiger partial charge in [-0.05, 0) is 6.42 Å². The standard InChI is InChI=1S/C12H26S2.C4H9.Sn/c1-2-3-4-5-6-7-8-9-10-11-12-14-13;1-3-4-2;/h13H,2-12H2,1H3;1,3-4H2,2H3;. The summed E-state index contributed by atoms with van der Waals surface area (Å²) in [7, 11) is 1.67. The Kier molecular flexibility index (Phi) is 29.4. The van der Waals surface area contributed by atoms with Crippen molar-refractivity contribution in [3.8, 4) is 0 Å². The van der Waals surface area contributed by atoms with E-state index in [1.165, 1.54) is 87.2 Å². The first kappa shape index (κ1) is 22.8. The summed E-state index contributed by atoms with van der Waals surface area (Å²) in [4.78, 5) is 0. The van der Waals surface area contributed by atoms with Gasteiger partial charge >= 0.3 is 46.7 Å². The summed E-state index contributed by atoms with van der Waals surface area (Å²) in [5.74, 6) is 1.22. The second-order valence-electron chi connectivity index (χ2n) is 5.12. The molecule has 0 aromatic carbocycles. The van der Waals surface area contributed by atoms with Crippen molar-refractivity contribution < 1.29 is 0 Å². The first-order chi connectivity index (χ1) is 9.33. The van der Waals surface area contributed by atoms with E-state index in [4.69, 9.17) is 0 Å². The molecule has 115 valence electrons. The molecule has 0 bridgehead atoms. The molecule has 0 aliphatic carbocycles. The van der Waals surface area contributed by atoms with Crippen molar-refractivity contribution in [3.63, 3.8) is 0 Å². The van der Waals surface area contributed by atoms with Crippen LogP contribution in [0.1, 0.15) is 90.9 Å². The average molecular weight is 410 g/mol. The molecule has 3 radical (unpaired) electrons. The van der Waals surface area contributed by atoms with Gasteiger partial charge in [0.2, 0.25) is 0 Å². The van der Waals surface area contributed by atoms with Crippen LogP contribution in [0.5, 0.6) is 0 Å². The van der Waals surface area contributed by atoms with Crippen molar-refractivity contribution in [2.24, 2.45) is 0 Å². The van der Waals surface area contributed by atoms with Gasteiger partial charge in [-0.25, -0.2) is 0 Å². The summed E-state index contributed by atoms with van der Waals surface area (Å²) >= 11 is 5.81. The van der Waals surface area contributed by atoms with Crippen LogP contribution in [-0.2, 0) is 0 Å². The maximum atomic E-state index is 4.13. The number of hydrogen-bond acceptors (Lipinski definition) is 2. The Morgan fingerprint density at radius 3 is 1.42 bits per heavy atom. The molecule has 0 atom stereocenters. The minimum absolute atomic E-state index is 1.22. The van der Waals surface area contributed by atoms with Crippen molar-refractivity contribution in [1.29, 1.82) is 0 Å². The zero-order chi connectivity index (χ0) is 14.6. The third-order valence-corrected chi connectivity index (χ3v) is 5.15. The topological polar surface area (TPSA) is 0 Å². The summed E-state index contributed by atoms with van der Waals surface area (Å²) in [5.41, 5.74) is 0. The van der Waals surface area contributed by atoms with Gasteiger partial charge in [-0.2, -0.15) is 0 Å². The van der Waals surface area contributed by atoms with Gasteiger partial charge in [0.1, 0.15) is 0 Å². The SMILES string of the molecule is CCCCCCCCCCCCSS.CCC[CH2][Sn]. The van der Waals surface area contributed by atoms with Crippen molar-refractivity contribution in [2.75, 3.05) is 5.75 Å². The minimum atomic E-state index is 1.22. The first-order valence-corrected chi connectivity index (χ1v) is 12.3. The van der Waals surface area contributed by atoms with E-state index in [9.17, 15) is 0 Å². The summed E-state index contributed by atoms with van der Waals surface area (Å²) in [6.07, 6.45) is 17.0. The van der Waals surface area contributed by atoms with Crippen LogP contribution in [0.4, 0.5) is 0 Å². The molecule has 3 heteroatoms. The fraction of sp³-hybridized carbons (Fsp3) is 1.00. The Morgan fingerprint density at radius 2 is 1.11 bits per heavy atom. The third kappa shape index (κ3) is 28.4. The van der Waals surface area contributed by atoms with Crippen LogP contribution in [0.3, 0.4) is 0 Å². The van der Waals surface area contributed by atoms with Gasteiger partial charge in [0.15, 0.2) is 0 Å². The van der Waals surface area contributed by atoms with Crippen LogP contribution in [-0.4, -0.2) is 28.3 Å². The van der Waals surface area contributed by atoms with Gasteiger partial charge < -0.3 is 0 Å². The number of rotatable bonds is 13. The van der Waals surface area contributed by atoms with E-state index in [1.54, 1.807) is 33.3 Å². The van der Waals surface area contributed by atoms with Gasteiger partial charge in [-0.1, -0.05) is 75.5 Å². The Bertz CT molecular complexity index is 118. The quantitative estimate of drug-likeness (QED) is 0.150. The van der Waals surface area contributed by atoms with Crippen molar-refractivity contribution in [1.82, 2.24) is 0 Å². The van der Waals surface area contributed by atoms with Crippen molar-refractivity contribution >= 4 is 45.0 Å². The Labute approximate surface area is 145 Å². The van der Waals surface area contributed by atoms with Crippen LogP contribution in [0, 0.1) is 0 Å². The number of hydrogen-bond donors (Lipinski definition) is 1. The van der Waals surface area contributed by atoms with Crippen molar-refractivity contribution in [3.05, 3.63) is 0 Å². The normalized spacial score (nSPS) is 10.1. The third-order valence-electron chi connectivity index (χ3n) is 3.12. The van der Waals surface area contributed by atoms with Crippen LogP contribution in [0.2, 0.25) is 4.44 Å². The van der Waals surface area contributed by atoms with Crippen LogP contribution in [0.25, 0.3) is 0 Å². The van der Waals surface area contributed by atoms with E-state index in [0.717, 1.165) is 0 Å². The predicted octanol–water partition coefficient (Wildman–Crippen LogP) is 6.86. The first-order valence-electron chi connectivity index (χ1n) is 8.24. The fourth-order valence-corrected chi connectivity index (χ4v) is 3.56. The molecule has 0 amide bonds. The van der Waals surface area contributed by atoms with E-state index < -0.39 is 0 Å². The number of unbranched alkanes of at least 4 members (excludes halogenated alkanes) is 10. The zero-order valence-corrected chi connectivity index (χ0v) is 17.8. The predicted molar refractivity (Wildman–Crippen MR) is 98.8 cm³/mol. The molecule has 0 aliphatic rings. The summed E-state index contributed by atoms with van der Waals surface area (Å²) in [6.45, 7) is 4.50. The van der Waals surface area contributed by atoms with E-state index in [2.05, 4.69) is 25.5 Å². The fourth-order valence-electron chi connectivity index (χ4n) is 1.83. The van der Waals surface area contributed by atoms with E-state index in [-0.39, 0.29) is 0 Å². The van der Waals surface area contributed by atoms with Crippen molar-refractivity contribution in [2.45, 2.75) is 95.3 Å². The molecule has 0 spiro atoms. The molecule has 0 fully saturated rings. The average Bonchev–Trinajstić information content (AvgIpc) is 2.43. The molecule has 0 saturated heterocycles. The molecule has 0 aromatic heterocycles. The molecule has 0 aliphatic heterocycles. The molecule has 0 heterocycles. The van der Waals surface area contributed by atoms with E-state index in [0.29, 0.717) is 0 Å². The summed E-state index contributed by atoms with van der Waals surface area (Å²) < 4.78 is 1.43. The Balaban J connectivity index is 0. The second-order valence-corrected chi connectivity index (χ2v) is 7.99.